The predicted molar refractivity (Wildman–Crippen MR) is 47.5 cm³/mol. The third-order valence-electron chi connectivity index (χ3n) is 1.41. The molecule has 13 heavy (non-hydrogen) atoms. The Morgan fingerprint density at radius 2 is 2.54 bits per heavy atom. The van der Waals surface area contributed by atoms with Gasteiger partial charge in [-0.2, -0.15) is 5.10 Å². The van der Waals surface area contributed by atoms with Gasteiger partial charge in [-0.25, -0.2) is 4.79 Å². The van der Waals surface area contributed by atoms with Crippen LogP contribution in [-0.4, -0.2) is 22.4 Å². The van der Waals surface area contributed by atoms with Crippen molar-refractivity contribution in [1.29, 1.82) is 0 Å². The average Bonchev–Trinajstić information content (AvgIpc) is 2.48. The molecular weight excluding hydrogens is 170 g/mol. The van der Waals surface area contributed by atoms with Crippen molar-refractivity contribution >= 4 is 6.09 Å². The predicted octanol–water partition coefficient (Wildman–Crippen LogP) is 0.918. The van der Waals surface area contributed by atoms with Crippen LogP contribution in [0.5, 0.6) is 5.75 Å². The molecule has 0 saturated heterocycles. The molecule has 72 valence electrons. The van der Waals surface area contributed by atoms with E-state index in [2.05, 4.69) is 10.4 Å². The van der Waals surface area contributed by atoms with Gasteiger partial charge in [-0.05, 0) is 6.42 Å². The normalized spacial score (nSPS) is 9.69. The highest BCUT2D eigenvalue weighted by Gasteiger charge is 2.03. The molecule has 0 aliphatic rings. The standard InChI is InChI=1S/C8H13N3O2/c1-3-4-9-8(12)13-7-5-10-11(2)6-7/h5-6H,3-4H2,1-2H3,(H,9,12). The van der Waals surface area contributed by atoms with Gasteiger partial charge in [0, 0.05) is 13.6 Å². The molecule has 1 amide bonds. The average molecular weight is 183 g/mol. The molecule has 1 N–H and O–H groups in total. The van der Waals surface area contributed by atoms with Crippen LogP contribution in [-0.2, 0) is 7.05 Å². The molecular formula is C8H13N3O2. The Bertz CT molecular complexity index is 283. The first kappa shape index (κ1) is 9.57. The van der Waals surface area contributed by atoms with E-state index in [1.54, 1.807) is 17.9 Å². The zero-order chi connectivity index (χ0) is 9.68. The van der Waals surface area contributed by atoms with Gasteiger partial charge in [0.25, 0.3) is 0 Å². The van der Waals surface area contributed by atoms with Crippen molar-refractivity contribution in [2.75, 3.05) is 6.54 Å². The lowest BCUT2D eigenvalue weighted by Gasteiger charge is -2.01. The van der Waals surface area contributed by atoms with Crippen LogP contribution in [0.15, 0.2) is 12.4 Å². The van der Waals surface area contributed by atoms with Gasteiger partial charge in [0.1, 0.15) is 0 Å². The minimum absolute atomic E-state index is 0.435. The Balaban J connectivity index is 2.36. The van der Waals surface area contributed by atoms with Crippen LogP contribution in [0.3, 0.4) is 0 Å². The van der Waals surface area contributed by atoms with E-state index in [-0.39, 0.29) is 0 Å². The maximum absolute atomic E-state index is 11.0. The number of carbonyl (C=O) groups is 1. The highest BCUT2D eigenvalue weighted by atomic mass is 16.6. The number of aromatic nitrogens is 2. The van der Waals surface area contributed by atoms with Crippen LogP contribution in [0, 0.1) is 0 Å². The lowest BCUT2D eigenvalue weighted by Crippen LogP contribution is -2.27. The molecule has 0 fully saturated rings. The van der Waals surface area contributed by atoms with Crippen molar-refractivity contribution < 1.29 is 9.53 Å². The third-order valence-corrected chi connectivity index (χ3v) is 1.41. The van der Waals surface area contributed by atoms with Crippen LogP contribution in [0.25, 0.3) is 0 Å². The van der Waals surface area contributed by atoms with E-state index < -0.39 is 6.09 Å². The highest BCUT2D eigenvalue weighted by molar-refractivity contribution is 5.69. The third kappa shape index (κ3) is 3.14. The number of amides is 1. The molecule has 0 bridgehead atoms. The smallest absolute Gasteiger partial charge is 0.407 e. The van der Waals surface area contributed by atoms with Gasteiger partial charge in [-0.3, -0.25) is 4.68 Å². The molecule has 0 aliphatic heterocycles. The number of hydrogen-bond donors (Lipinski definition) is 1. The summed E-state index contributed by atoms with van der Waals surface area (Å²) in [4.78, 5) is 11.0. The molecule has 0 atom stereocenters. The van der Waals surface area contributed by atoms with Crippen molar-refractivity contribution in [3.63, 3.8) is 0 Å². The van der Waals surface area contributed by atoms with E-state index in [0.717, 1.165) is 6.42 Å². The monoisotopic (exact) mass is 183 g/mol. The van der Waals surface area contributed by atoms with Crippen LogP contribution in [0.4, 0.5) is 4.79 Å². The number of aryl methyl sites for hydroxylation is 1. The largest absolute Gasteiger partial charge is 0.412 e. The Labute approximate surface area is 76.7 Å². The van der Waals surface area contributed by atoms with Crippen molar-refractivity contribution in [1.82, 2.24) is 15.1 Å². The van der Waals surface area contributed by atoms with Gasteiger partial charge in [-0.1, -0.05) is 6.92 Å². The maximum Gasteiger partial charge on any atom is 0.412 e. The molecule has 0 unspecified atom stereocenters. The SMILES string of the molecule is CCCNC(=O)Oc1cnn(C)c1. The lowest BCUT2D eigenvalue weighted by atomic mass is 10.5. The summed E-state index contributed by atoms with van der Waals surface area (Å²) >= 11 is 0. The summed E-state index contributed by atoms with van der Waals surface area (Å²) in [5.41, 5.74) is 0. The summed E-state index contributed by atoms with van der Waals surface area (Å²) in [5, 5.41) is 6.45. The summed E-state index contributed by atoms with van der Waals surface area (Å²) in [6.07, 6.45) is 3.58. The van der Waals surface area contributed by atoms with Gasteiger partial charge in [0.15, 0.2) is 5.75 Å². The molecule has 1 aromatic rings. The van der Waals surface area contributed by atoms with E-state index in [1.165, 1.54) is 6.20 Å². The first-order valence-electron chi connectivity index (χ1n) is 4.16. The summed E-state index contributed by atoms with van der Waals surface area (Å²) in [7, 11) is 1.76. The van der Waals surface area contributed by atoms with E-state index in [9.17, 15) is 4.79 Å². The fraction of sp³-hybridized carbons (Fsp3) is 0.500. The lowest BCUT2D eigenvalue weighted by molar-refractivity contribution is 0.200. The van der Waals surface area contributed by atoms with Crippen molar-refractivity contribution in [2.45, 2.75) is 13.3 Å². The number of ether oxygens (including phenoxy) is 1. The molecule has 0 radical (unpaired) electrons. The van der Waals surface area contributed by atoms with E-state index in [4.69, 9.17) is 4.74 Å². The van der Waals surface area contributed by atoms with Crippen LogP contribution in [0.1, 0.15) is 13.3 Å². The molecule has 0 aliphatic carbocycles. The van der Waals surface area contributed by atoms with Crippen molar-refractivity contribution in [2.24, 2.45) is 7.05 Å². The quantitative estimate of drug-likeness (QED) is 0.758. The molecule has 1 aromatic heterocycles. The minimum atomic E-state index is -0.435. The highest BCUT2D eigenvalue weighted by Crippen LogP contribution is 2.06. The number of nitrogens with one attached hydrogen (secondary N) is 1. The Morgan fingerprint density at radius 1 is 1.77 bits per heavy atom. The van der Waals surface area contributed by atoms with Gasteiger partial charge >= 0.3 is 6.09 Å². The van der Waals surface area contributed by atoms with E-state index in [1.807, 2.05) is 6.92 Å². The molecule has 0 saturated carbocycles. The molecule has 1 rings (SSSR count). The van der Waals surface area contributed by atoms with Crippen LogP contribution < -0.4 is 10.1 Å². The fourth-order valence-corrected chi connectivity index (χ4v) is 0.822. The minimum Gasteiger partial charge on any atom is -0.407 e. The second-order valence-corrected chi connectivity index (χ2v) is 2.67. The second kappa shape index (κ2) is 4.49. The summed E-state index contributed by atoms with van der Waals surface area (Å²) in [6.45, 7) is 2.60. The van der Waals surface area contributed by atoms with Gasteiger partial charge in [0.2, 0.25) is 0 Å². The summed E-state index contributed by atoms with van der Waals surface area (Å²) < 4.78 is 6.48. The molecule has 0 spiro atoms. The van der Waals surface area contributed by atoms with Crippen LogP contribution >= 0.6 is 0 Å². The second-order valence-electron chi connectivity index (χ2n) is 2.67. The van der Waals surface area contributed by atoms with Crippen molar-refractivity contribution in [3.05, 3.63) is 12.4 Å². The summed E-state index contributed by atoms with van der Waals surface area (Å²) in [5.74, 6) is 0.455. The maximum atomic E-state index is 11.0. The topological polar surface area (TPSA) is 56.1 Å². The Kier molecular flexibility index (Phi) is 3.31. The van der Waals surface area contributed by atoms with E-state index in [0.29, 0.717) is 12.3 Å². The Morgan fingerprint density at radius 3 is 3.08 bits per heavy atom. The zero-order valence-corrected chi connectivity index (χ0v) is 7.78. The first-order valence-corrected chi connectivity index (χ1v) is 4.16. The van der Waals surface area contributed by atoms with Crippen molar-refractivity contribution in [3.8, 4) is 5.75 Å². The van der Waals surface area contributed by atoms with Gasteiger partial charge in [-0.15, -0.1) is 0 Å². The molecule has 5 heteroatoms. The number of hydrogen-bond acceptors (Lipinski definition) is 3. The molecule has 0 aromatic carbocycles. The van der Waals surface area contributed by atoms with E-state index >= 15 is 0 Å². The summed E-state index contributed by atoms with van der Waals surface area (Å²) in [6, 6.07) is 0. The number of carbonyl (C=O) groups excluding carboxylic acids is 1. The molecule has 1 heterocycles. The zero-order valence-electron chi connectivity index (χ0n) is 7.78. The Hall–Kier alpha value is -1.52. The number of rotatable bonds is 3. The molecule has 5 nitrogen and oxygen atoms in total. The van der Waals surface area contributed by atoms with Crippen LogP contribution in [0.2, 0.25) is 0 Å². The number of nitrogens with zero attached hydrogens (tertiary/aromatic N) is 2. The van der Waals surface area contributed by atoms with Gasteiger partial charge < -0.3 is 10.1 Å². The first-order chi connectivity index (χ1) is 6.22. The fourth-order valence-electron chi connectivity index (χ4n) is 0.822. The van der Waals surface area contributed by atoms with Gasteiger partial charge in [0.05, 0.1) is 12.4 Å².